The zero-order valence-electron chi connectivity index (χ0n) is 18.6. The highest BCUT2D eigenvalue weighted by Crippen LogP contribution is 2.23. The Hall–Kier alpha value is -3.40. The molecule has 1 aromatic heterocycles. The highest BCUT2D eigenvalue weighted by Gasteiger charge is 2.17. The maximum Gasteiger partial charge on any atom is 0.319 e. The van der Waals surface area contributed by atoms with Crippen LogP contribution in [0, 0.1) is 5.82 Å². The lowest BCUT2D eigenvalue weighted by Gasteiger charge is -2.11. The number of hydrogen-bond donors (Lipinski definition) is 4. The molecule has 2 aromatic carbocycles. The summed E-state index contributed by atoms with van der Waals surface area (Å²) in [5, 5.41) is 19.6. The molecular weight excluding hydrogens is 547 g/mol. The molecule has 186 valence electrons. The molecule has 35 heavy (non-hydrogen) atoms. The Labute approximate surface area is 209 Å². The van der Waals surface area contributed by atoms with Crippen molar-refractivity contribution in [2.75, 3.05) is 37.4 Å². The molecule has 0 atom stereocenters. The van der Waals surface area contributed by atoms with Gasteiger partial charge in [-0.15, -0.1) is 0 Å². The Bertz CT molecular complexity index is 1310. The highest BCUT2D eigenvalue weighted by atomic mass is 79.9. The maximum absolute atomic E-state index is 13.4. The molecule has 0 aliphatic rings. The second-order valence-electron chi connectivity index (χ2n) is 7.15. The standard InChI is InChI=1S/C20H22BrFN8O4S/c1-30(2)15-6-3-13(4-7-15)12-25-35(32,33)24-10-9-23-19-18(28-34-29-19)20(27-31)26-14-5-8-17(22)16(21)11-14/h3-8,11-12,24,31H,9-10H2,1-2H3,(H,23,29)(H,26,27). The van der Waals surface area contributed by atoms with Crippen molar-refractivity contribution in [1.29, 1.82) is 0 Å². The van der Waals surface area contributed by atoms with E-state index in [2.05, 4.69) is 50.3 Å². The number of hydroxylamine groups is 1. The van der Waals surface area contributed by atoms with Crippen molar-refractivity contribution >= 4 is 55.4 Å². The van der Waals surface area contributed by atoms with Crippen molar-refractivity contribution in [1.82, 2.24) is 20.5 Å². The lowest BCUT2D eigenvalue weighted by atomic mass is 10.2. The van der Waals surface area contributed by atoms with Gasteiger partial charge in [0, 0.05) is 39.1 Å². The molecule has 0 aliphatic carbocycles. The van der Waals surface area contributed by atoms with Crippen molar-refractivity contribution in [2.45, 2.75) is 0 Å². The van der Waals surface area contributed by atoms with E-state index in [1.807, 2.05) is 36.6 Å². The fourth-order valence-electron chi connectivity index (χ4n) is 2.66. The number of rotatable bonds is 10. The van der Waals surface area contributed by atoms with Gasteiger partial charge in [-0.05, 0) is 62.1 Å². The van der Waals surface area contributed by atoms with Crippen molar-refractivity contribution in [3.05, 3.63) is 64.0 Å². The summed E-state index contributed by atoms with van der Waals surface area (Å²) in [4.78, 5) is 6.07. The smallest absolute Gasteiger partial charge is 0.319 e. The number of benzene rings is 2. The summed E-state index contributed by atoms with van der Waals surface area (Å²) in [5.41, 5.74) is 3.83. The van der Waals surface area contributed by atoms with Crippen LogP contribution in [0.25, 0.3) is 0 Å². The van der Waals surface area contributed by atoms with Gasteiger partial charge in [-0.25, -0.2) is 14.0 Å². The average Bonchev–Trinajstić information content (AvgIpc) is 3.30. The maximum atomic E-state index is 13.4. The topological polar surface area (TPSA) is 157 Å². The SMILES string of the molecule is CN(C)c1ccc(C=NS(=O)(=O)NCCNc2nonc2C(=Nc2ccc(F)c(Br)c2)NO)cc1. The highest BCUT2D eigenvalue weighted by molar-refractivity contribution is 9.10. The normalized spacial score (nSPS) is 12.2. The van der Waals surface area contributed by atoms with Crippen LogP contribution < -0.4 is 20.4 Å². The lowest BCUT2D eigenvalue weighted by Crippen LogP contribution is -2.28. The van der Waals surface area contributed by atoms with Gasteiger partial charge in [0.1, 0.15) is 5.82 Å². The predicted octanol–water partition coefficient (Wildman–Crippen LogP) is 2.46. The summed E-state index contributed by atoms with van der Waals surface area (Å²) in [6.07, 6.45) is 1.25. The molecule has 3 rings (SSSR count). The van der Waals surface area contributed by atoms with Gasteiger partial charge in [-0.2, -0.15) is 17.5 Å². The summed E-state index contributed by atoms with van der Waals surface area (Å²) >= 11 is 3.06. The number of aromatic nitrogens is 2. The Morgan fingerprint density at radius 1 is 1.20 bits per heavy atom. The van der Waals surface area contributed by atoms with Gasteiger partial charge in [-0.3, -0.25) is 10.7 Å². The first kappa shape index (κ1) is 26.2. The molecular formula is C20H22BrFN8O4S. The van der Waals surface area contributed by atoms with E-state index in [1.54, 1.807) is 12.1 Å². The van der Waals surface area contributed by atoms with Crippen LogP contribution in [0.5, 0.6) is 0 Å². The molecule has 0 bridgehead atoms. The van der Waals surface area contributed by atoms with E-state index in [9.17, 15) is 18.0 Å². The molecule has 0 fully saturated rings. The van der Waals surface area contributed by atoms with Gasteiger partial charge in [0.15, 0.2) is 11.5 Å². The van der Waals surface area contributed by atoms with Crippen molar-refractivity contribution in [3.63, 3.8) is 0 Å². The van der Waals surface area contributed by atoms with Crippen LogP contribution in [0.15, 0.2) is 61.0 Å². The van der Waals surface area contributed by atoms with E-state index in [1.165, 1.54) is 24.4 Å². The summed E-state index contributed by atoms with van der Waals surface area (Å²) in [6, 6.07) is 11.2. The van der Waals surface area contributed by atoms with Crippen LogP contribution in [-0.2, 0) is 10.2 Å². The molecule has 3 aromatic rings. The quantitative estimate of drug-likeness (QED) is 0.125. The second kappa shape index (κ2) is 11.8. The monoisotopic (exact) mass is 568 g/mol. The number of amidine groups is 1. The molecule has 1 heterocycles. The number of hydrogen-bond acceptors (Lipinski definition) is 9. The molecule has 0 spiro atoms. The first-order chi connectivity index (χ1) is 16.7. The Morgan fingerprint density at radius 2 is 1.94 bits per heavy atom. The molecule has 4 N–H and O–H groups in total. The van der Waals surface area contributed by atoms with E-state index in [0.717, 1.165) is 5.69 Å². The predicted molar refractivity (Wildman–Crippen MR) is 133 cm³/mol. The lowest BCUT2D eigenvalue weighted by molar-refractivity contribution is 0.234. The molecule has 0 radical (unpaired) electrons. The van der Waals surface area contributed by atoms with Crippen LogP contribution in [0.4, 0.5) is 21.6 Å². The van der Waals surface area contributed by atoms with E-state index >= 15 is 0 Å². The molecule has 0 saturated heterocycles. The van der Waals surface area contributed by atoms with Crippen LogP contribution >= 0.6 is 15.9 Å². The first-order valence-electron chi connectivity index (χ1n) is 10.0. The largest absolute Gasteiger partial charge is 0.378 e. The zero-order chi connectivity index (χ0) is 25.4. The van der Waals surface area contributed by atoms with Gasteiger partial charge < -0.3 is 10.2 Å². The number of nitrogens with zero attached hydrogens (tertiary/aromatic N) is 5. The zero-order valence-corrected chi connectivity index (χ0v) is 21.0. The fraction of sp³-hybridized carbons (Fsp3) is 0.200. The Kier molecular flexibility index (Phi) is 8.86. The summed E-state index contributed by atoms with van der Waals surface area (Å²) in [5.74, 6) is -0.505. The van der Waals surface area contributed by atoms with Crippen molar-refractivity contribution in [3.8, 4) is 0 Å². The molecule has 12 nitrogen and oxygen atoms in total. The summed E-state index contributed by atoms with van der Waals surface area (Å²) in [7, 11) is -0.118. The van der Waals surface area contributed by atoms with E-state index in [0.29, 0.717) is 11.3 Å². The summed E-state index contributed by atoms with van der Waals surface area (Å²) in [6.45, 7) is 0.0593. The van der Waals surface area contributed by atoms with E-state index < -0.39 is 16.0 Å². The van der Waals surface area contributed by atoms with Gasteiger partial charge in [0.25, 0.3) is 0 Å². The molecule has 0 saturated carbocycles. The van der Waals surface area contributed by atoms with Crippen LogP contribution in [-0.4, -0.2) is 63.2 Å². The minimum Gasteiger partial charge on any atom is -0.378 e. The van der Waals surface area contributed by atoms with Gasteiger partial charge >= 0.3 is 10.2 Å². The van der Waals surface area contributed by atoms with Crippen LogP contribution in [0.1, 0.15) is 11.3 Å². The van der Waals surface area contributed by atoms with Gasteiger partial charge in [0.05, 0.1) is 10.2 Å². The van der Waals surface area contributed by atoms with Crippen molar-refractivity contribution < 1.29 is 22.6 Å². The summed E-state index contributed by atoms with van der Waals surface area (Å²) < 4.78 is 48.5. The molecule has 0 amide bonds. The van der Waals surface area contributed by atoms with Crippen molar-refractivity contribution in [2.24, 2.45) is 9.39 Å². The minimum atomic E-state index is -3.93. The molecule has 15 heteroatoms. The Morgan fingerprint density at radius 3 is 2.60 bits per heavy atom. The number of aliphatic imine (C=N–C) groups is 1. The fourth-order valence-corrected chi connectivity index (χ4v) is 3.72. The first-order valence-corrected chi connectivity index (χ1v) is 12.2. The third kappa shape index (κ3) is 7.54. The van der Waals surface area contributed by atoms with Crippen LogP contribution in [0.3, 0.4) is 0 Å². The minimum absolute atomic E-state index is 0.0231. The van der Waals surface area contributed by atoms with Gasteiger partial charge in [-0.1, -0.05) is 12.1 Å². The van der Waals surface area contributed by atoms with Gasteiger partial charge in [0.2, 0.25) is 5.82 Å². The molecule has 0 unspecified atom stereocenters. The number of halogens is 2. The van der Waals surface area contributed by atoms with E-state index in [-0.39, 0.29) is 34.9 Å². The second-order valence-corrected chi connectivity index (χ2v) is 9.45. The third-order valence-corrected chi connectivity index (χ3v) is 5.97. The average molecular weight is 569 g/mol. The van der Waals surface area contributed by atoms with E-state index in [4.69, 9.17) is 0 Å². The van der Waals surface area contributed by atoms with Crippen LogP contribution in [0.2, 0.25) is 0 Å². The number of anilines is 2. The molecule has 0 aliphatic heterocycles. The number of nitrogens with one attached hydrogen (secondary N) is 3. The Balaban J connectivity index is 1.57. The third-order valence-electron chi connectivity index (χ3n) is 4.41.